The zero-order valence-electron chi connectivity index (χ0n) is 16.3. The molecular weight excluding hydrogens is 338 g/mol. The Hall–Kier alpha value is -1.68. The van der Waals surface area contributed by atoms with E-state index in [9.17, 15) is 14.7 Å². The van der Waals surface area contributed by atoms with Crippen LogP contribution < -0.4 is 0 Å². The molecule has 2 fully saturated rings. The highest BCUT2D eigenvalue weighted by atomic mass is 16.3. The van der Waals surface area contributed by atoms with Gasteiger partial charge < -0.3 is 10.0 Å². The fourth-order valence-electron chi connectivity index (χ4n) is 4.78. The van der Waals surface area contributed by atoms with Crippen LogP contribution in [0.1, 0.15) is 82.3 Å². The Morgan fingerprint density at radius 2 is 1.74 bits per heavy atom. The molecule has 0 aromatic heterocycles. The molecule has 3 rings (SSSR count). The highest BCUT2D eigenvalue weighted by Gasteiger charge is 2.35. The molecular formula is C23H33NO3. The lowest BCUT2D eigenvalue weighted by Gasteiger charge is -2.44. The van der Waals surface area contributed by atoms with E-state index in [2.05, 4.69) is 4.90 Å². The number of fused-ring (bicyclic) bond motifs is 1. The molecule has 1 aromatic carbocycles. The first-order valence-electron chi connectivity index (χ1n) is 10.7. The third-order valence-corrected chi connectivity index (χ3v) is 6.29. The second kappa shape index (κ2) is 10.0. The van der Waals surface area contributed by atoms with Gasteiger partial charge in [0.2, 0.25) is 5.91 Å². The van der Waals surface area contributed by atoms with Crippen molar-refractivity contribution in [3.63, 3.8) is 0 Å². The summed E-state index contributed by atoms with van der Waals surface area (Å²) < 4.78 is 0. The average molecular weight is 372 g/mol. The zero-order chi connectivity index (χ0) is 19.1. The van der Waals surface area contributed by atoms with Gasteiger partial charge in [-0.15, -0.1) is 0 Å². The van der Waals surface area contributed by atoms with Gasteiger partial charge in [-0.3, -0.25) is 9.59 Å². The standard InChI is InChI=1S/C23H33NO3/c25-20(15-16-22(26)19-9-2-1-3-10-19)12-6-14-23(27)24-17-7-11-18-8-4-5-13-21(18)24/h1-3,9-10,18,21-22,26H,4-8,11-17H2. The number of aliphatic hydroxyl groups is 1. The summed E-state index contributed by atoms with van der Waals surface area (Å²) in [4.78, 5) is 26.9. The van der Waals surface area contributed by atoms with Crippen LogP contribution in [0.3, 0.4) is 0 Å². The first kappa shape index (κ1) is 20.1. The van der Waals surface area contributed by atoms with Gasteiger partial charge in [-0.2, -0.15) is 0 Å². The second-order valence-corrected chi connectivity index (χ2v) is 8.20. The highest BCUT2D eigenvalue weighted by Crippen LogP contribution is 2.35. The van der Waals surface area contributed by atoms with Gasteiger partial charge in [-0.1, -0.05) is 43.2 Å². The number of piperidine rings is 1. The molecule has 1 amide bonds. The number of aliphatic hydroxyl groups excluding tert-OH is 1. The summed E-state index contributed by atoms with van der Waals surface area (Å²) in [5.41, 5.74) is 0.854. The molecule has 1 heterocycles. The van der Waals surface area contributed by atoms with Crippen LogP contribution in [0.2, 0.25) is 0 Å². The van der Waals surface area contributed by atoms with Gasteiger partial charge in [0.25, 0.3) is 0 Å². The van der Waals surface area contributed by atoms with Gasteiger partial charge in [-0.25, -0.2) is 0 Å². The summed E-state index contributed by atoms with van der Waals surface area (Å²) in [6.07, 6.45) is 9.18. The lowest BCUT2D eigenvalue weighted by Crippen LogP contribution is -2.49. The molecule has 1 saturated heterocycles. The van der Waals surface area contributed by atoms with Crippen molar-refractivity contribution in [3.05, 3.63) is 35.9 Å². The number of hydrogen-bond acceptors (Lipinski definition) is 3. The molecule has 0 radical (unpaired) electrons. The molecule has 2 aliphatic rings. The first-order valence-corrected chi connectivity index (χ1v) is 10.7. The maximum Gasteiger partial charge on any atom is 0.222 e. The summed E-state index contributed by atoms with van der Waals surface area (Å²) in [7, 11) is 0. The number of likely N-dealkylation sites (tertiary alicyclic amines) is 1. The molecule has 148 valence electrons. The van der Waals surface area contributed by atoms with E-state index in [1.807, 2.05) is 30.3 Å². The summed E-state index contributed by atoms with van der Waals surface area (Å²) in [6, 6.07) is 9.91. The van der Waals surface area contributed by atoms with Gasteiger partial charge in [0, 0.05) is 31.8 Å². The van der Waals surface area contributed by atoms with Crippen molar-refractivity contribution < 1.29 is 14.7 Å². The predicted molar refractivity (Wildman–Crippen MR) is 106 cm³/mol. The SMILES string of the molecule is O=C(CCCC(=O)N1CCCC2CCCCC21)CCC(O)c1ccccc1. The number of rotatable bonds is 8. The normalized spacial score (nSPS) is 23.5. The van der Waals surface area contributed by atoms with Crippen molar-refractivity contribution in [2.24, 2.45) is 5.92 Å². The molecule has 27 heavy (non-hydrogen) atoms. The molecule has 1 aliphatic carbocycles. The minimum absolute atomic E-state index is 0.145. The van der Waals surface area contributed by atoms with E-state index < -0.39 is 6.10 Å². The predicted octanol–water partition coefficient (Wildman–Crippen LogP) is 4.42. The van der Waals surface area contributed by atoms with E-state index in [0.717, 1.165) is 24.9 Å². The molecule has 3 atom stereocenters. The molecule has 4 heteroatoms. The fourth-order valence-corrected chi connectivity index (χ4v) is 4.78. The third-order valence-electron chi connectivity index (χ3n) is 6.29. The minimum Gasteiger partial charge on any atom is -0.388 e. The molecule has 1 aromatic rings. The quantitative estimate of drug-likeness (QED) is 0.736. The monoisotopic (exact) mass is 371 g/mol. The molecule has 0 spiro atoms. The number of amides is 1. The van der Waals surface area contributed by atoms with E-state index in [1.165, 1.54) is 25.7 Å². The van der Waals surface area contributed by atoms with Crippen LogP contribution in [0.15, 0.2) is 30.3 Å². The largest absolute Gasteiger partial charge is 0.388 e. The van der Waals surface area contributed by atoms with Crippen molar-refractivity contribution in [1.29, 1.82) is 0 Å². The Balaban J connectivity index is 1.36. The molecule has 1 N–H and O–H groups in total. The van der Waals surface area contributed by atoms with Crippen molar-refractivity contribution in [1.82, 2.24) is 4.90 Å². The fraction of sp³-hybridized carbons (Fsp3) is 0.652. The van der Waals surface area contributed by atoms with Gasteiger partial charge in [-0.05, 0) is 50.0 Å². The number of carbonyl (C=O) groups is 2. The van der Waals surface area contributed by atoms with Crippen LogP contribution in [-0.2, 0) is 9.59 Å². The third kappa shape index (κ3) is 5.65. The van der Waals surface area contributed by atoms with Gasteiger partial charge in [0.1, 0.15) is 5.78 Å². The summed E-state index contributed by atoms with van der Waals surface area (Å²) in [6.45, 7) is 0.900. The van der Waals surface area contributed by atoms with Gasteiger partial charge >= 0.3 is 0 Å². The summed E-state index contributed by atoms with van der Waals surface area (Å²) >= 11 is 0. The number of Topliss-reactive ketones (excluding diaryl/α,β-unsaturated/α-hetero) is 1. The minimum atomic E-state index is -0.589. The number of ketones is 1. The highest BCUT2D eigenvalue weighted by molar-refractivity contribution is 5.80. The second-order valence-electron chi connectivity index (χ2n) is 8.20. The number of nitrogens with zero attached hydrogens (tertiary/aromatic N) is 1. The van der Waals surface area contributed by atoms with E-state index >= 15 is 0 Å². The molecule has 3 unspecified atom stereocenters. The van der Waals surface area contributed by atoms with Crippen LogP contribution in [-0.4, -0.2) is 34.3 Å². The Morgan fingerprint density at radius 3 is 2.56 bits per heavy atom. The summed E-state index contributed by atoms with van der Waals surface area (Å²) in [5.74, 6) is 1.09. The molecule has 1 saturated carbocycles. The van der Waals surface area contributed by atoms with Crippen molar-refractivity contribution in [2.45, 2.75) is 82.8 Å². The van der Waals surface area contributed by atoms with E-state index in [-0.39, 0.29) is 11.7 Å². The Bertz CT molecular complexity index is 613. The van der Waals surface area contributed by atoms with Crippen LogP contribution in [0, 0.1) is 5.92 Å². The maximum absolute atomic E-state index is 12.7. The van der Waals surface area contributed by atoms with Crippen molar-refractivity contribution >= 4 is 11.7 Å². The maximum atomic E-state index is 12.7. The van der Waals surface area contributed by atoms with Gasteiger partial charge in [0.05, 0.1) is 6.10 Å². The smallest absolute Gasteiger partial charge is 0.222 e. The van der Waals surface area contributed by atoms with Crippen LogP contribution in [0.4, 0.5) is 0 Å². The lowest BCUT2D eigenvalue weighted by molar-refractivity contribution is -0.137. The Labute approximate surface area is 163 Å². The van der Waals surface area contributed by atoms with Crippen LogP contribution >= 0.6 is 0 Å². The van der Waals surface area contributed by atoms with E-state index in [4.69, 9.17) is 0 Å². The first-order chi connectivity index (χ1) is 13.1. The van der Waals surface area contributed by atoms with E-state index in [0.29, 0.717) is 44.1 Å². The Morgan fingerprint density at radius 1 is 1.00 bits per heavy atom. The number of carbonyl (C=O) groups excluding carboxylic acids is 2. The van der Waals surface area contributed by atoms with Crippen molar-refractivity contribution in [2.75, 3.05) is 6.54 Å². The average Bonchev–Trinajstić information content (AvgIpc) is 2.72. The van der Waals surface area contributed by atoms with Gasteiger partial charge in [0.15, 0.2) is 0 Å². The lowest BCUT2D eigenvalue weighted by atomic mass is 9.78. The van der Waals surface area contributed by atoms with E-state index in [1.54, 1.807) is 0 Å². The molecule has 0 bridgehead atoms. The zero-order valence-corrected chi connectivity index (χ0v) is 16.3. The Kier molecular flexibility index (Phi) is 7.45. The number of hydrogen-bond donors (Lipinski definition) is 1. The van der Waals surface area contributed by atoms with Crippen LogP contribution in [0.25, 0.3) is 0 Å². The molecule has 1 aliphatic heterocycles. The summed E-state index contributed by atoms with van der Waals surface area (Å²) in [5, 5.41) is 10.2. The topological polar surface area (TPSA) is 57.6 Å². The van der Waals surface area contributed by atoms with Crippen LogP contribution in [0.5, 0.6) is 0 Å². The molecule has 4 nitrogen and oxygen atoms in total. The van der Waals surface area contributed by atoms with Crippen molar-refractivity contribution in [3.8, 4) is 0 Å². The number of benzene rings is 1.